The molecule has 0 aliphatic rings. The Kier molecular flexibility index (Phi) is 4.48. The molecule has 1 N–H and O–H groups in total. The van der Waals surface area contributed by atoms with E-state index < -0.39 is 0 Å². The third kappa shape index (κ3) is 3.80. The van der Waals surface area contributed by atoms with Crippen LogP contribution in [0, 0.1) is 0 Å². The Labute approximate surface area is 86.5 Å². The second-order valence-electron chi connectivity index (χ2n) is 2.63. The van der Waals surface area contributed by atoms with E-state index in [0.29, 0.717) is 18.3 Å². The van der Waals surface area contributed by atoms with Crippen LogP contribution in [0.25, 0.3) is 0 Å². The first-order chi connectivity index (χ1) is 6.72. The second kappa shape index (κ2) is 5.66. The maximum atomic E-state index is 10.7. The van der Waals surface area contributed by atoms with Gasteiger partial charge in [-0.2, -0.15) is 0 Å². The first kappa shape index (κ1) is 11.1. The third-order valence-electron chi connectivity index (χ3n) is 1.41. The van der Waals surface area contributed by atoms with E-state index in [1.165, 1.54) is 18.3 Å². The average molecular weight is 215 g/mol. The smallest absolute Gasteiger partial charge is 0.223 e. The number of nitrogens with one attached hydrogen (secondary N) is 1. The highest BCUT2D eigenvalue weighted by Gasteiger charge is 2.04. The van der Waals surface area contributed by atoms with E-state index in [1.807, 2.05) is 6.92 Å². The molecule has 0 bridgehead atoms. The van der Waals surface area contributed by atoms with Crippen LogP contribution in [0.1, 0.15) is 18.9 Å². The number of aromatic nitrogens is 2. The van der Waals surface area contributed by atoms with Crippen molar-refractivity contribution in [1.29, 1.82) is 0 Å². The van der Waals surface area contributed by atoms with Crippen molar-refractivity contribution in [2.24, 2.45) is 0 Å². The number of amides is 1. The van der Waals surface area contributed by atoms with Gasteiger partial charge in [0.25, 0.3) is 0 Å². The molecule has 0 fully saturated rings. The zero-order chi connectivity index (χ0) is 10.4. The van der Waals surface area contributed by atoms with Gasteiger partial charge in [0, 0.05) is 20.0 Å². The van der Waals surface area contributed by atoms with Crippen LogP contribution in [0.5, 0.6) is 0 Å². The average Bonchev–Trinajstić information content (AvgIpc) is 2.52. The Morgan fingerprint density at radius 1 is 1.57 bits per heavy atom. The highest BCUT2D eigenvalue weighted by molar-refractivity contribution is 7.15. The van der Waals surface area contributed by atoms with Gasteiger partial charge in [-0.15, -0.1) is 10.2 Å². The summed E-state index contributed by atoms with van der Waals surface area (Å²) in [6, 6.07) is 0. The minimum absolute atomic E-state index is 0.127. The summed E-state index contributed by atoms with van der Waals surface area (Å²) in [6.45, 7) is 4.74. The second-order valence-corrected chi connectivity index (χ2v) is 3.69. The summed E-state index contributed by atoms with van der Waals surface area (Å²) in [5.74, 6) is -0.127. The standard InChI is InChI=1S/C8H13N3O2S/c1-3-13-5-4-7-10-11-8(14-7)9-6(2)12/h3-5H2,1-2H3,(H,9,11,12). The van der Waals surface area contributed by atoms with E-state index in [2.05, 4.69) is 15.5 Å². The molecule has 1 heterocycles. The molecule has 1 amide bonds. The first-order valence-electron chi connectivity index (χ1n) is 4.40. The Morgan fingerprint density at radius 2 is 2.36 bits per heavy atom. The van der Waals surface area contributed by atoms with Gasteiger partial charge < -0.3 is 10.1 Å². The van der Waals surface area contributed by atoms with Crippen molar-refractivity contribution in [2.45, 2.75) is 20.3 Å². The van der Waals surface area contributed by atoms with Gasteiger partial charge in [-0.1, -0.05) is 11.3 Å². The van der Waals surface area contributed by atoms with Crippen LogP contribution in [0.3, 0.4) is 0 Å². The molecule has 0 aromatic carbocycles. The summed E-state index contributed by atoms with van der Waals surface area (Å²) in [5.41, 5.74) is 0. The minimum Gasteiger partial charge on any atom is -0.381 e. The number of carbonyl (C=O) groups is 1. The molecule has 1 aromatic heterocycles. The molecule has 0 spiro atoms. The lowest BCUT2D eigenvalue weighted by Crippen LogP contribution is -2.04. The highest BCUT2D eigenvalue weighted by atomic mass is 32.1. The van der Waals surface area contributed by atoms with Crippen LogP contribution in [0.15, 0.2) is 0 Å². The number of ether oxygens (including phenoxy) is 1. The molecule has 0 aliphatic heterocycles. The van der Waals surface area contributed by atoms with Crippen LogP contribution in [0.2, 0.25) is 0 Å². The van der Waals surface area contributed by atoms with Crippen molar-refractivity contribution in [2.75, 3.05) is 18.5 Å². The molecule has 0 unspecified atom stereocenters. The van der Waals surface area contributed by atoms with Gasteiger partial charge in [-0.3, -0.25) is 4.79 Å². The number of hydrogen-bond acceptors (Lipinski definition) is 5. The molecule has 6 heteroatoms. The molecule has 0 radical (unpaired) electrons. The molecule has 0 saturated carbocycles. The zero-order valence-corrected chi connectivity index (χ0v) is 9.06. The lowest BCUT2D eigenvalue weighted by molar-refractivity contribution is -0.114. The summed E-state index contributed by atoms with van der Waals surface area (Å²) < 4.78 is 5.18. The van der Waals surface area contributed by atoms with Gasteiger partial charge in [0.1, 0.15) is 5.01 Å². The van der Waals surface area contributed by atoms with Gasteiger partial charge in [0.05, 0.1) is 6.61 Å². The van der Waals surface area contributed by atoms with Crippen molar-refractivity contribution in [3.8, 4) is 0 Å². The maximum absolute atomic E-state index is 10.7. The SMILES string of the molecule is CCOCCc1nnc(NC(C)=O)s1. The highest BCUT2D eigenvalue weighted by Crippen LogP contribution is 2.15. The van der Waals surface area contributed by atoms with Crippen LogP contribution in [0.4, 0.5) is 5.13 Å². The predicted molar refractivity (Wildman–Crippen MR) is 54.4 cm³/mol. The van der Waals surface area contributed by atoms with Crippen LogP contribution < -0.4 is 5.32 Å². The van der Waals surface area contributed by atoms with E-state index in [4.69, 9.17) is 4.74 Å². The molecule has 78 valence electrons. The molecule has 0 aliphatic carbocycles. The zero-order valence-electron chi connectivity index (χ0n) is 8.24. The van der Waals surface area contributed by atoms with E-state index in [9.17, 15) is 4.79 Å². The minimum atomic E-state index is -0.127. The number of carbonyl (C=O) groups excluding carboxylic acids is 1. The molecule has 14 heavy (non-hydrogen) atoms. The van der Waals surface area contributed by atoms with E-state index in [1.54, 1.807) is 0 Å². The summed E-state index contributed by atoms with van der Waals surface area (Å²) >= 11 is 1.38. The lowest BCUT2D eigenvalue weighted by atomic mass is 10.5. The fraction of sp³-hybridized carbons (Fsp3) is 0.625. The molecule has 5 nitrogen and oxygen atoms in total. The molecule has 1 aromatic rings. The summed E-state index contributed by atoms with van der Waals surface area (Å²) in [5, 5.41) is 11.7. The largest absolute Gasteiger partial charge is 0.381 e. The van der Waals surface area contributed by atoms with Crippen LogP contribution in [-0.4, -0.2) is 29.3 Å². The Balaban J connectivity index is 2.38. The van der Waals surface area contributed by atoms with Crippen LogP contribution in [-0.2, 0) is 16.0 Å². The molecular weight excluding hydrogens is 202 g/mol. The van der Waals surface area contributed by atoms with Gasteiger partial charge >= 0.3 is 0 Å². The summed E-state index contributed by atoms with van der Waals surface area (Å²) in [7, 11) is 0. The van der Waals surface area contributed by atoms with Crippen molar-refractivity contribution >= 4 is 22.4 Å². The van der Waals surface area contributed by atoms with E-state index >= 15 is 0 Å². The van der Waals surface area contributed by atoms with Crippen molar-refractivity contribution in [3.05, 3.63) is 5.01 Å². The fourth-order valence-corrected chi connectivity index (χ4v) is 1.63. The monoisotopic (exact) mass is 215 g/mol. The Bertz CT molecular complexity index is 301. The molecule has 1 rings (SSSR count). The summed E-state index contributed by atoms with van der Waals surface area (Å²) in [4.78, 5) is 10.7. The first-order valence-corrected chi connectivity index (χ1v) is 5.21. The molecule has 0 saturated heterocycles. The van der Waals surface area contributed by atoms with Gasteiger partial charge in [0.2, 0.25) is 11.0 Å². The quantitative estimate of drug-likeness (QED) is 0.746. The fourth-order valence-electron chi connectivity index (χ4n) is 0.860. The van der Waals surface area contributed by atoms with Crippen molar-refractivity contribution in [3.63, 3.8) is 0 Å². The van der Waals surface area contributed by atoms with Gasteiger partial charge in [-0.25, -0.2) is 0 Å². The number of rotatable bonds is 5. The third-order valence-corrected chi connectivity index (χ3v) is 2.31. The number of anilines is 1. The van der Waals surface area contributed by atoms with Crippen LogP contribution >= 0.6 is 11.3 Å². The van der Waals surface area contributed by atoms with Crippen molar-refractivity contribution < 1.29 is 9.53 Å². The molecule has 0 atom stereocenters. The predicted octanol–water partition coefficient (Wildman–Crippen LogP) is 1.08. The normalized spacial score (nSPS) is 10.1. The van der Waals surface area contributed by atoms with Gasteiger partial charge in [0.15, 0.2) is 0 Å². The Hall–Kier alpha value is -1.01. The maximum Gasteiger partial charge on any atom is 0.223 e. The topological polar surface area (TPSA) is 64.1 Å². The van der Waals surface area contributed by atoms with Crippen molar-refractivity contribution in [1.82, 2.24) is 10.2 Å². The number of hydrogen-bond donors (Lipinski definition) is 1. The molecular formula is C8H13N3O2S. The Morgan fingerprint density at radius 3 is 3.00 bits per heavy atom. The van der Waals surface area contributed by atoms with Gasteiger partial charge in [-0.05, 0) is 6.92 Å². The van der Waals surface area contributed by atoms with E-state index in [-0.39, 0.29) is 5.91 Å². The van der Waals surface area contributed by atoms with E-state index in [0.717, 1.165) is 11.4 Å². The lowest BCUT2D eigenvalue weighted by Gasteiger charge is -1.95. The summed E-state index contributed by atoms with van der Waals surface area (Å²) in [6.07, 6.45) is 0.741. The number of nitrogens with zero attached hydrogens (tertiary/aromatic N) is 2.